The molecule has 1 saturated heterocycles. The van der Waals surface area contributed by atoms with E-state index in [1.165, 1.54) is 11.1 Å². The van der Waals surface area contributed by atoms with Crippen LogP contribution >= 0.6 is 15.9 Å². The van der Waals surface area contributed by atoms with Crippen LogP contribution in [0.15, 0.2) is 16.6 Å². The average Bonchev–Trinajstić information content (AvgIpc) is 2.93. The molecule has 0 radical (unpaired) electrons. The maximum atomic E-state index is 13.3. The minimum atomic E-state index is -0.512. The normalized spacial score (nSPS) is 14.4. The number of carbonyl (C=O) groups is 2. The van der Waals surface area contributed by atoms with Gasteiger partial charge in [-0.05, 0) is 31.0 Å². The summed E-state index contributed by atoms with van der Waals surface area (Å²) in [6.07, 6.45) is 0.787. The molecule has 20 heavy (non-hydrogen) atoms. The van der Waals surface area contributed by atoms with E-state index in [1.807, 2.05) is 0 Å². The lowest BCUT2D eigenvalue weighted by Gasteiger charge is -2.14. The first-order valence-electron chi connectivity index (χ1n) is 6.16. The van der Waals surface area contributed by atoms with E-state index in [1.54, 1.807) is 6.92 Å². The van der Waals surface area contributed by atoms with Crippen molar-refractivity contribution in [3.8, 4) is 0 Å². The fourth-order valence-corrected chi connectivity index (χ4v) is 2.30. The van der Waals surface area contributed by atoms with Crippen molar-refractivity contribution < 1.29 is 18.8 Å². The first-order valence-corrected chi connectivity index (χ1v) is 6.95. The van der Waals surface area contributed by atoms with E-state index in [-0.39, 0.29) is 18.0 Å². The lowest BCUT2D eigenvalue weighted by Crippen LogP contribution is -2.38. The van der Waals surface area contributed by atoms with Crippen LogP contribution < -0.4 is 5.32 Å². The lowest BCUT2D eigenvalue weighted by atomic mass is 10.1. The lowest BCUT2D eigenvalue weighted by molar-refractivity contribution is -0.167. The number of rotatable bonds is 3. The Balaban J connectivity index is 2.00. The van der Waals surface area contributed by atoms with E-state index in [9.17, 15) is 14.0 Å². The highest BCUT2D eigenvalue weighted by molar-refractivity contribution is 9.10. The number of amides is 2. The SMILES string of the molecule is Cc1c(Br)cc(F)cc1C(=O)NCC(=O)N1CCCO1. The molecule has 108 valence electrons. The van der Waals surface area contributed by atoms with Crippen LogP contribution in [0.4, 0.5) is 4.39 Å². The van der Waals surface area contributed by atoms with Crippen molar-refractivity contribution in [1.82, 2.24) is 10.4 Å². The topological polar surface area (TPSA) is 58.6 Å². The summed E-state index contributed by atoms with van der Waals surface area (Å²) >= 11 is 3.18. The summed E-state index contributed by atoms with van der Waals surface area (Å²) < 4.78 is 13.8. The number of nitrogens with one attached hydrogen (secondary N) is 1. The third kappa shape index (κ3) is 3.34. The summed E-state index contributed by atoms with van der Waals surface area (Å²) in [6.45, 7) is 2.56. The van der Waals surface area contributed by atoms with Crippen molar-refractivity contribution in [3.63, 3.8) is 0 Å². The molecule has 0 bridgehead atoms. The van der Waals surface area contributed by atoms with Gasteiger partial charge in [0.25, 0.3) is 11.8 Å². The van der Waals surface area contributed by atoms with Crippen LogP contribution in [0.25, 0.3) is 0 Å². The van der Waals surface area contributed by atoms with Gasteiger partial charge in [0.15, 0.2) is 0 Å². The minimum absolute atomic E-state index is 0.174. The molecule has 2 amide bonds. The number of carbonyl (C=O) groups excluding carboxylic acids is 2. The molecule has 1 N–H and O–H groups in total. The van der Waals surface area contributed by atoms with Crippen molar-refractivity contribution in [2.75, 3.05) is 19.7 Å². The van der Waals surface area contributed by atoms with Gasteiger partial charge in [-0.15, -0.1) is 0 Å². The van der Waals surface area contributed by atoms with Gasteiger partial charge in [0, 0.05) is 10.0 Å². The summed E-state index contributed by atoms with van der Waals surface area (Å²) in [6, 6.07) is 2.43. The molecule has 1 fully saturated rings. The van der Waals surface area contributed by atoms with Crippen LogP contribution in [0.2, 0.25) is 0 Å². The van der Waals surface area contributed by atoms with Gasteiger partial charge >= 0.3 is 0 Å². The maximum absolute atomic E-state index is 13.3. The van der Waals surface area contributed by atoms with Crippen molar-refractivity contribution in [1.29, 1.82) is 0 Å². The van der Waals surface area contributed by atoms with Gasteiger partial charge < -0.3 is 5.32 Å². The van der Waals surface area contributed by atoms with Gasteiger partial charge in [0.05, 0.1) is 19.7 Å². The Morgan fingerprint density at radius 3 is 2.90 bits per heavy atom. The Labute approximate surface area is 124 Å². The zero-order valence-corrected chi connectivity index (χ0v) is 12.5. The molecule has 0 spiro atoms. The number of hydrogen-bond acceptors (Lipinski definition) is 3. The van der Waals surface area contributed by atoms with Gasteiger partial charge in [0.2, 0.25) is 0 Å². The summed E-state index contributed by atoms with van der Waals surface area (Å²) in [4.78, 5) is 28.8. The number of benzene rings is 1. The summed E-state index contributed by atoms with van der Waals surface area (Å²) in [5, 5.41) is 3.70. The van der Waals surface area contributed by atoms with E-state index in [0.29, 0.717) is 23.2 Å². The van der Waals surface area contributed by atoms with E-state index >= 15 is 0 Å². The van der Waals surface area contributed by atoms with Crippen molar-refractivity contribution in [2.45, 2.75) is 13.3 Å². The second-order valence-electron chi connectivity index (χ2n) is 4.43. The smallest absolute Gasteiger partial charge is 0.265 e. The standard InChI is InChI=1S/C13H14BrFN2O3/c1-8-10(5-9(15)6-11(8)14)13(19)16-7-12(18)17-3-2-4-20-17/h5-6H,2-4,7H2,1H3,(H,16,19). The zero-order chi connectivity index (χ0) is 14.7. The minimum Gasteiger partial charge on any atom is -0.343 e. The predicted molar refractivity (Wildman–Crippen MR) is 73.5 cm³/mol. The van der Waals surface area contributed by atoms with Crippen molar-refractivity contribution in [3.05, 3.63) is 33.5 Å². The molecule has 7 heteroatoms. The van der Waals surface area contributed by atoms with Gasteiger partial charge in [-0.2, -0.15) is 0 Å². The highest BCUT2D eigenvalue weighted by atomic mass is 79.9. The predicted octanol–water partition coefficient (Wildman–Crippen LogP) is 1.79. The van der Waals surface area contributed by atoms with Crippen LogP contribution in [0, 0.1) is 12.7 Å². The first kappa shape index (κ1) is 14.9. The molecular weight excluding hydrogens is 331 g/mol. The second-order valence-corrected chi connectivity index (χ2v) is 5.28. The maximum Gasteiger partial charge on any atom is 0.265 e. The monoisotopic (exact) mass is 344 g/mol. The molecule has 0 aromatic heterocycles. The van der Waals surface area contributed by atoms with Crippen molar-refractivity contribution >= 4 is 27.7 Å². The Hall–Kier alpha value is -1.47. The molecule has 1 aliphatic rings. The molecule has 0 unspecified atom stereocenters. The summed E-state index contributed by atoms with van der Waals surface area (Å²) in [5.41, 5.74) is 0.820. The Morgan fingerprint density at radius 2 is 2.25 bits per heavy atom. The molecular formula is C13H14BrFN2O3. The number of nitrogens with zero attached hydrogens (tertiary/aromatic N) is 1. The molecule has 0 atom stereocenters. The van der Waals surface area contributed by atoms with Gasteiger partial charge in [-0.25, -0.2) is 9.45 Å². The quantitative estimate of drug-likeness (QED) is 0.909. The molecule has 0 aliphatic carbocycles. The third-order valence-electron chi connectivity index (χ3n) is 2.98. The summed E-state index contributed by atoms with van der Waals surface area (Å²) in [7, 11) is 0. The Kier molecular flexibility index (Phi) is 4.72. The van der Waals surface area contributed by atoms with Gasteiger partial charge in [0.1, 0.15) is 5.82 Å². The molecule has 1 aromatic carbocycles. The zero-order valence-electron chi connectivity index (χ0n) is 10.9. The highest BCUT2D eigenvalue weighted by Crippen LogP contribution is 2.21. The number of halogens is 2. The summed E-state index contributed by atoms with van der Waals surface area (Å²) in [5.74, 6) is -1.32. The fourth-order valence-electron chi connectivity index (χ4n) is 1.87. The Morgan fingerprint density at radius 1 is 1.50 bits per heavy atom. The number of hydrogen-bond donors (Lipinski definition) is 1. The van der Waals surface area contributed by atoms with Gasteiger partial charge in [-0.1, -0.05) is 15.9 Å². The van der Waals surface area contributed by atoms with Crippen molar-refractivity contribution in [2.24, 2.45) is 0 Å². The van der Waals surface area contributed by atoms with E-state index < -0.39 is 11.7 Å². The molecule has 2 rings (SSSR count). The van der Waals surface area contributed by atoms with Gasteiger partial charge in [-0.3, -0.25) is 14.4 Å². The Bertz CT molecular complexity index is 545. The van der Waals surface area contributed by atoms with E-state index in [0.717, 1.165) is 12.5 Å². The van der Waals surface area contributed by atoms with E-state index in [2.05, 4.69) is 21.2 Å². The molecule has 1 aromatic rings. The van der Waals surface area contributed by atoms with Crippen LogP contribution in [-0.4, -0.2) is 36.6 Å². The molecule has 0 saturated carbocycles. The van der Waals surface area contributed by atoms with Crippen LogP contribution in [-0.2, 0) is 9.63 Å². The van der Waals surface area contributed by atoms with Crippen LogP contribution in [0.1, 0.15) is 22.3 Å². The first-order chi connectivity index (χ1) is 9.49. The second kappa shape index (κ2) is 6.32. The fraction of sp³-hybridized carbons (Fsp3) is 0.385. The highest BCUT2D eigenvalue weighted by Gasteiger charge is 2.20. The largest absolute Gasteiger partial charge is 0.343 e. The van der Waals surface area contributed by atoms with Crippen LogP contribution in [0.3, 0.4) is 0 Å². The van der Waals surface area contributed by atoms with E-state index in [4.69, 9.17) is 4.84 Å². The van der Waals surface area contributed by atoms with Crippen LogP contribution in [0.5, 0.6) is 0 Å². The number of hydroxylamine groups is 2. The molecule has 5 nitrogen and oxygen atoms in total. The third-order valence-corrected chi connectivity index (χ3v) is 3.81. The molecule has 1 aliphatic heterocycles. The molecule has 1 heterocycles. The average molecular weight is 345 g/mol.